The van der Waals surface area contributed by atoms with Crippen LogP contribution in [0.15, 0.2) is 71.8 Å². The van der Waals surface area contributed by atoms with Crippen LogP contribution < -0.4 is 0 Å². The summed E-state index contributed by atoms with van der Waals surface area (Å²) in [5.41, 5.74) is 2.03. The van der Waals surface area contributed by atoms with Gasteiger partial charge in [0.1, 0.15) is 0 Å². The van der Waals surface area contributed by atoms with E-state index in [0.29, 0.717) is 19.4 Å². The first-order chi connectivity index (χ1) is 12.1. The average molecular weight is 359 g/mol. The number of sulfonamides is 1. The highest BCUT2D eigenvalue weighted by molar-refractivity contribution is 7.89. The predicted molar refractivity (Wildman–Crippen MR) is 102 cm³/mol. The van der Waals surface area contributed by atoms with Crippen LogP contribution in [0.4, 0.5) is 0 Å². The first kappa shape index (κ1) is 19.2. The zero-order valence-electron chi connectivity index (χ0n) is 14.5. The van der Waals surface area contributed by atoms with E-state index in [-0.39, 0.29) is 11.5 Å². The fourth-order valence-corrected chi connectivity index (χ4v) is 3.83. The molecule has 0 aliphatic rings. The maximum atomic E-state index is 12.9. The van der Waals surface area contributed by atoms with Crippen molar-refractivity contribution in [3.8, 4) is 11.1 Å². The number of aliphatic hydroxyl groups is 1. The molecule has 1 N–H and O–H groups in total. The van der Waals surface area contributed by atoms with Crippen LogP contribution in [-0.4, -0.2) is 31.0 Å². The van der Waals surface area contributed by atoms with Gasteiger partial charge in [-0.2, -0.15) is 0 Å². The van der Waals surface area contributed by atoms with Gasteiger partial charge < -0.3 is 5.11 Å². The molecule has 0 atom stereocenters. The Hall–Kier alpha value is -2.11. The first-order valence-corrected chi connectivity index (χ1v) is 9.98. The van der Waals surface area contributed by atoms with Crippen LogP contribution in [0.3, 0.4) is 0 Å². The first-order valence-electron chi connectivity index (χ1n) is 8.54. The van der Waals surface area contributed by atoms with Crippen LogP contribution >= 0.6 is 0 Å². The summed E-state index contributed by atoms with van der Waals surface area (Å²) in [6.45, 7) is 2.39. The minimum atomic E-state index is -3.59. The molecule has 4 nitrogen and oxygen atoms in total. The summed E-state index contributed by atoms with van der Waals surface area (Å²) in [7, 11) is -3.59. The molecule has 0 saturated carbocycles. The van der Waals surface area contributed by atoms with Gasteiger partial charge in [0.2, 0.25) is 0 Å². The normalized spacial score (nSPS) is 11.8. The third-order valence-corrected chi connectivity index (χ3v) is 5.65. The number of rotatable bonds is 9. The van der Waals surface area contributed by atoms with Gasteiger partial charge in [-0.15, -0.1) is 0 Å². The molecule has 0 bridgehead atoms. The summed E-state index contributed by atoms with van der Waals surface area (Å²) < 4.78 is 27.1. The molecule has 2 aromatic rings. The fourth-order valence-electron chi connectivity index (χ4n) is 2.46. The van der Waals surface area contributed by atoms with Crippen LogP contribution in [-0.2, 0) is 10.0 Å². The van der Waals surface area contributed by atoms with Crippen molar-refractivity contribution in [1.82, 2.24) is 4.31 Å². The van der Waals surface area contributed by atoms with Crippen molar-refractivity contribution in [2.45, 2.75) is 31.1 Å². The molecule has 0 spiro atoms. The van der Waals surface area contributed by atoms with Crippen LogP contribution in [0.2, 0.25) is 0 Å². The fraction of sp³-hybridized carbons (Fsp3) is 0.300. The highest BCUT2D eigenvalue weighted by Crippen LogP contribution is 2.23. The van der Waals surface area contributed by atoms with Crippen LogP contribution in [0.1, 0.15) is 26.2 Å². The van der Waals surface area contributed by atoms with Gasteiger partial charge in [-0.05, 0) is 42.5 Å². The molecule has 5 heteroatoms. The topological polar surface area (TPSA) is 57.6 Å². The van der Waals surface area contributed by atoms with Crippen molar-refractivity contribution in [3.05, 3.63) is 66.9 Å². The van der Waals surface area contributed by atoms with Gasteiger partial charge in [0.15, 0.2) is 0 Å². The SMILES string of the molecule is CCC=CN(CCCCO)S(=O)(=O)c1ccc(-c2ccccc2)cc1. The second-order valence-corrected chi connectivity index (χ2v) is 7.62. The Balaban J connectivity index is 2.24. The smallest absolute Gasteiger partial charge is 0.263 e. The van der Waals surface area contributed by atoms with E-state index in [2.05, 4.69) is 0 Å². The van der Waals surface area contributed by atoms with E-state index >= 15 is 0 Å². The number of hydrogen-bond acceptors (Lipinski definition) is 3. The Bertz CT molecular complexity index is 768. The Morgan fingerprint density at radius 3 is 2.20 bits per heavy atom. The lowest BCUT2D eigenvalue weighted by molar-refractivity contribution is 0.280. The van der Waals surface area contributed by atoms with Gasteiger partial charge in [0, 0.05) is 19.4 Å². The van der Waals surface area contributed by atoms with Crippen molar-refractivity contribution >= 4 is 10.0 Å². The van der Waals surface area contributed by atoms with Crippen LogP contribution in [0, 0.1) is 0 Å². The number of benzene rings is 2. The third-order valence-electron chi connectivity index (χ3n) is 3.86. The third kappa shape index (κ3) is 5.18. The number of allylic oxidation sites excluding steroid dienone is 1. The van der Waals surface area contributed by atoms with E-state index in [0.717, 1.165) is 17.5 Å². The van der Waals surface area contributed by atoms with Crippen LogP contribution in [0.25, 0.3) is 11.1 Å². The summed E-state index contributed by atoms with van der Waals surface area (Å²) in [4.78, 5) is 0.275. The average Bonchev–Trinajstić information content (AvgIpc) is 2.65. The maximum Gasteiger partial charge on any atom is 0.263 e. The molecule has 0 fully saturated rings. The molecule has 0 heterocycles. The molecule has 0 aliphatic heterocycles. The lowest BCUT2D eigenvalue weighted by Crippen LogP contribution is -2.27. The molecule has 25 heavy (non-hydrogen) atoms. The van der Waals surface area contributed by atoms with E-state index in [1.165, 1.54) is 4.31 Å². The lowest BCUT2D eigenvalue weighted by Gasteiger charge is -2.20. The summed E-state index contributed by atoms with van der Waals surface area (Å²) in [6.07, 6.45) is 5.41. The van der Waals surface area contributed by atoms with E-state index in [1.807, 2.05) is 55.5 Å². The summed E-state index contributed by atoms with van der Waals surface area (Å²) in [5.74, 6) is 0. The molecule has 0 amide bonds. The maximum absolute atomic E-state index is 12.9. The minimum absolute atomic E-state index is 0.0666. The molecule has 0 saturated heterocycles. The Kier molecular flexibility index (Phi) is 7.22. The van der Waals surface area contributed by atoms with Crippen molar-refractivity contribution < 1.29 is 13.5 Å². The second-order valence-electron chi connectivity index (χ2n) is 5.73. The second kappa shape index (κ2) is 9.39. The van der Waals surface area contributed by atoms with Crippen molar-refractivity contribution in [3.63, 3.8) is 0 Å². The monoisotopic (exact) mass is 359 g/mol. The number of aliphatic hydroxyl groups excluding tert-OH is 1. The van der Waals surface area contributed by atoms with E-state index in [1.54, 1.807) is 18.3 Å². The number of unbranched alkanes of at least 4 members (excludes halogenated alkanes) is 1. The predicted octanol–water partition coefficient (Wildman–Crippen LogP) is 4.04. The summed E-state index contributed by atoms with van der Waals surface area (Å²) in [6, 6.07) is 16.8. The molecule has 2 rings (SSSR count). The van der Waals surface area contributed by atoms with Gasteiger partial charge in [-0.25, -0.2) is 8.42 Å². The molecular weight excluding hydrogens is 334 g/mol. The molecular formula is C20H25NO3S. The lowest BCUT2D eigenvalue weighted by atomic mass is 10.1. The summed E-state index contributed by atoms with van der Waals surface area (Å²) in [5, 5.41) is 8.93. The van der Waals surface area contributed by atoms with Crippen molar-refractivity contribution in [1.29, 1.82) is 0 Å². The quantitative estimate of drug-likeness (QED) is 0.688. The standard InChI is InChI=1S/C20H25NO3S/c1-2-3-15-21(16-7-8-17-22)25(23,24)20-13-11-19(12-14-20)18-9-5-4-6-10-18/h3-6,9-15,22H,2,7-8,16-17H2,1H3. The van der Waals surface area contributed by atoms with Crippen LogP contribution in [0.5, 0.6) is 0 Å². The van der Waals surface area contributed by atoms with E-state index in [9.17, 15) is 8.42 Å². The summed E-state index contributed by atoms with van der Waals surface area (Å²) >= 11 is 0. The zero-order chi connectivity index (χ0) is 18.1. The van der Waals surface area contributed by atoms with Gasteiger partial charge >= 0.3 is 0 Å². The van der Waals surface area contributed by atoms with Gasteiger partial charge in [0.05, 0.1) is 4.90 Å². The molecule has 0 aromatic heterocycles. The largest absolute Gasteiger partial charge is 0.396 e. The van der Waals surface area contributed by atoms with Gasteiger partial charge in [0.25, 0.3) is 10.0 Å². The molecule has 0 radical (unpaired) electrons. The molecule has 2 aromatic carbocycles. The van der Waals surface area contributed by atoms with Gasteiger partial charge in [-0.1, -0.05) is 55.5 Å². The Morgan fingerprint density at radius 1 is 0.960 bits per heavy atom. The van der Waals surface area contributed by atoms with Crippen molar-refractivity contribution in [2.24, 2.45) is 0 Å². The Morgan fingerprint density at radius 2 is 1.60 bits per heavy atom. The highest BCUT2D eigenvalue weighted by atomic mass is 32.2. The molecule has 134 valence electrons. The minimum Gasteiger partial charge on any atom is -0.396 e. The van der Waals surface area contributed by atoms with E-state index in [4.69, 9.17) is 5.11 Å². The highest BCUT2D eigenvalue weighted by Gasteiger charge is 2.21. The molecule has 0 aliphatic carbocycles. The van der Waals surface area contributed by atoms with E-state index < -0.39 is 10.0 Å². The van der Waals surface area contributed by atoms with Gasteiger partial charge in [-0.3, -0.25) is 4.31 Å². The Labute approximate surface area is 150 Å². The number of nitrogens with zero attached hydrogens (tertiary/aromatic N) is 1. The van der Waals surface area contributed by atoms with Crippen molar-refractivity contribution in [2.75, 3.05) is 13.2 Å². The zero-order valence-corrected chi connectivity index (χ0v) is 15.3. The molecule has 0 unspecified atom stereocenters. The number of hydrogen-bond donors (Lipinski definition) is 1.